The van der Waals surface area contributed by atoms with Gasteiger partial charge in [-0.3, -0.25) is 9.36 Å². The molecule has 0 aliphatic rings. The van der Waals surface area contributed by atoms with Gasteiger partial charge in [-0.25, -0.2) is 0 Å². The number of aliphatic hydroxyl groups is 1. The molecule has 0 saturated carbocycles. The Morgan fingerprint density at radius 2 is 1.12 bits per heavy atom. The molecule has 1 unspecified atom stereocenters. The molecule has 0 aromatic heterocycles. The smallest absolute Gasteiger partial charge is 0.268 e. The second-order valence-electron chi connectivity index (χ2n) is 15.0. The number of carbonyl (C=O) groups is 1. The van der Waals surface area contributed by atoms with Gasteiger partial charge in [0.15, 0.2) is 0 Å². The lowest BCUT2D eigenvalue weighted by Crippen LogP contribution is -2.45. The molecule has 48 heavy (non-hydrogen) atoms. The Kier molecular flexibility index (Phi) is 31.7. The zero-order chi connectivity index (χ0) is 35.8. The first-order valence-corrected chi connectivity index (χ1v) is 21.5. The Bertz CT molecular complexity index is 804. The van der Waals surface area contributed by atoms with E-state index >= 15 is 0 Å². The van der Waals surface area contributed by atoms with Gasteiger partial charge in [-0.2, -0.15) is 0 Å². The number of nitrogens with zero attached hydrogens (tertiary/aromatic N) is 1. The average molecular weight is 703 g/mol. The van der Waals surface area contributed by atoms with Crippen molar-refractivity contribution in [1.82, 2.24) is 5.32 Å². The minimum atomic E-state index is -4.57. The number of amides is 1. The van der Waals surface area contributed by atoms with E-state index < -0.39 is 20.0 Å². The molecule has 9 heteroatoms. The second kappa shape index (κ2) is 32.2. The largest absolute Gasteiger partial charge is 0.756 e. The number of carbonyl (C=O) groups excluding carboxylic acids is 1. The SMILES string of the molecule is CCCCCCCCCCCCCC=C[C@@H](O)[C@H](COP(=O)([O-])OCC[N+](C)(C)C)NC(=O)CCCCCCCCCCCCCCC. The van der Waals surface area contributed by atoms with E-state index in [9.17, 15) is 19.4 Å². The number of phosphoric ester groups is 1. The van der Waals surface area contributed by atoms with Crippen molar-refractivity contribution in [2.45, 2.75) is 193 Å². The van der Waals surface area contributed by atoms with Crippen LogP contribution in [0, 0.1) is 0 Å². The number of hydrogen-bond donors (Lipinski definition) is 2. The maximum absolute atomic E-state index is 12.8. The molecule has 0 aromatic rings. The molecule has 0 rings (SSSR count). The third kappa shape index (κ3) is 33.7. The molecule has 3 atom stereocenters. The van der Waals surface area contributed by atoms with Crippen LogP contribution in [0.25, 0.3) is 0 Å². The number of phosphoric acid groups is 1. The molecule has 0 aromatic carbocycles. The summed E-state index contributed by atoms with van der Waals surface area (Å²) in [4.78, 5) is 25.2. The Balaban J connectivity index is 4.50. The fourth-order valence-corrected chi connectivity index (χ4v) is 6.46. The summed E-state index contributed by atoms with van der Waals surface area (Å²) in [5, 5.41) is 13.7. The molecule has 0 saturated heterocycles. The number of nitrogens with one attached hydrogen (secondary N) is 1. The van der Waals surface area contributed by atoms with Crippen molar-refractivity contribution < 1.29 is 32.9 Å². The van der Waals surface area contributed by atoms with Gasteiger partial charge in [0.1, 0.15) is 13.2 Å². The van der Waals surface area contributed by atoms with Crippen LogP contribution in [0.1, 0.15) is 181 Å². The van der Waals surface area contributed by atoms with Gasteiger partial charge in [0, 0.05) is 6.42 Å². The summed E-state index contributed by atoms with van der Waals surface area (Å²) in [5.74, 6) is -0.198. The number of allylic oxidation sites excluding steroid dienone is 1. The molecule has 286 valence electrons. The fourth-order valence-electron chi connectivity index (χ4n) is 5.74. The number of quaternary nitrogens is 1. The summed E-state index contributed by atoms with van der Waals surface area (Å²) in [6, 6.07) is -0.877. The summed E-state index contributed by atoms with van der Waals surface area (Å²) >= 11 is 0. The highest BCUT2D eigenvalue weighted by molar-refractivity contribution is 7.45. The van der Waals surface area contributed by atoms with E-state index in [1.165, 1.54) is 122 Å². The maximum atomic E-state index is 12.8. The van der Waals surface area contributed by atoms with Crippen LogP contribution in [0.3, 0.4) is 0 Å². The fraction of sp³-hybridized carbons (Fsp3) is 0.923. The highest BCUT2D eigenvalue weighted by Gasteiger charge is 2.23. The van der Waals surface area contributed by atoms with Crippen molar-refractivity contribution in [3.8, 4) is 0 Å². The summed E-state index contributed by atoms with van der Waals surface area (Å²) in [5.41, 5.74) is 0. The van der Waals surface area contributed by atoms with Gasteiger partial charge in [-0.15, -0.1) is 0 Å². The predicted octanol–water partition coefficient (Wildman–Crippen LogP) is 9.78. The Labute approximate surface area is 297 Å². The third-order valence-electron chi connectivity index (χ3n) is 9.00. The lowest BCUT2D eigenvalue weighted by Gasteiger charge is -2.29. The zero-order valence-electron chi connectivity index (χ0n) is 32.2. The van der Waals surface area contributed by atoms with Crippen molar-refractivity contribution in [2.75, 3.05) is 40.9 Å². The van der Waals surface area contributed by atoms with Gasteiger partial charge < -0.3 is 28.8 Å². The Morgan fingerprint density at radius 1 is 0.708 bits per heavy atom. The molecule has 0 bridgehead atoms. The first-order chi connectivity index (χ1) is 23.0. The van der Waals surface area contributed by atoms with Crippen LogP contribution in [0.2, 0.25) is 0 Å². The molecular weight excluding hydrogens is 623 g/mol. The average Bonchev–Trinajstić information content (AvgIpc) is 3.02. The molecule has 0 aliphatic heterocycles. The number of aliphatic hydroxyl groups excluding tert-OH is 1. The van der Waals surface area contributed by atoms with Crippen molar-refractivity contribution in [3.63, 3.8) is 0 Å². The van der Waals surface area contributed by atoms with Gasteiger partial charge >= 0.3 is 0 Å². The van der Waals surface area contributed by atoms with Gasteiger partial charge in [-0.1, -0.05) is 167 Å². The van der Waals surface area contributed by atoms with E-state index in [1.54, 1.807) is 6.08 Å². The molecule has 0 fully saturated rings. The van der Waals surface area contributed by atoms with E-state index in [4.69, 9.17) is 9.05 Å². The number of likely N-dealkylation sites (N-methyl/N-ethyl adjacent to an activating group) is 1. The van der Waals surface area contributed by atoms with Crippen molar-refractivity contribution in [3.05, 3.63) is 12.2 Å². The Morgan fingerprint density at radius 3 is 1.56 bits per heavy atom. The lowest BCUT2D eigenvalue weighted by molar-refractivity contribution is -0.870. The summed E-state index contributed by atoms with van der Waals surface area (Å²) in [6.45, 7) is 4.63. The summed E-state index contributed by atoms with van der Waals surface area (Å²) < 4.78 is 23.1. The first-order valence-electron chi connectivity index (χ1n) is 20.1. The quantitative estimate of drug-likeness (QED) is 0.0291. The third-order valence-corrected chi connectivity index (χ3v) is 9.96. The number of rotatable bonds is 36. The van der Waals surface area contributed by atoms with Gasteiger partial charge in [-0.05, 0) is 19.3 Å². The zero-order valence-corrected chi connectivity index (χ0v) is 33.1. The highest BCUT2D eigenvalue weighted by Crippen LogP contribution is 2.38. The molecule has 0 heterocycles. The van der Waals surface area contributed by atoms with Crippen LogP contribution in [0.5, 0.6) is 0 Å². The van der Waals surface area contributed by atoms with Gasteiger partial charge in [0.25, 0.3) is 7.82 Å². The van der Waals surface area contributed by atoms with E-state index in [1.807, 2.05) is 27.2 Å². The van der Waals surface area contributed by atoms with Crippen LogP contribution in [-0.4, -0.2) is 68.5 Å². The number of hydrogen-bond acceptors (Lipinski definition) is 6. The summed E-state index contributed by atoms with van der Waals surface area (Å²) in [7, 11) is 1.27. The van der Waals surface area contributed by atoms with Crippen LogP contribution >= 0.6 is 7.82 Å². The molecular formula is C39H79N2O6P. The van der Waals surface area contributed by atoms with Crippen molar-refractivity contribution >= 4 is 13.7 Å². The van der Waals surface area contributed by atoms with Gasteiger partial charge in [0.05, 0.1) is 39.9 Å². The Hall–Kier alpha value is -0.760. The molecule has 1 amide bonds. The van der Waals surface area contributed by atoms with Crippen LogP contribution in [0.15, 0.2) is 12.2 Å². The minimum absolute atomic E-state index is 0.00175. The van der Waals surface area contributed by atoms with Crippen molar-refractivity contribution in [2.24, 2.45) is 0 Å². The topological polar surface area (TPSA) is 108 Å². The highest BCUT2D eigenvalue weighted by atomic mass is 31.2. The number of unbranched alkanes of at least 4 members (excludes halogenated alkanes) is 23. The molecule has 2 N–H and O–H groups in total. The molecule has 8 nitrogen and oxygen atoms in total. The van der Waals surface area contributed by atoms with E-state index in [-0.39, 0.29) is 19.1 Å². The summed E-state index contributed by atoms with van der Waals surface area (Å²) in [6.07, 6.45) is 33.8. The van der Waals surface area contributed by atoms with Crippen LogP contribution < -0.4 is 10.2 Å². The first kappa shape index (κ1) is 47.2. The van der Waals surface area contributed by atoms with E-state index in [2.05, 4.69) is 19.2 Å². The minimum Gasteiger partial charge on any atom is -0.756 e. The van der Waals surface area contributed by atoms with Crippen LogP contribution in [0.4, 0.5) is 0 Å². The second-order valence-corrected chi connectivity index (χ2v) is 16.4. The van der Waals surface area contributed by atoms with Gasteiger partial charge in [0.2, 0.25) is 5.91 Å². The molecule has 0 spiro atoms. The lowest BCUT2D eigenvalue weighted by atomic mass is 10.0. The molecule has 0 radical (unpaired) electrons. The van der Waals surface area contributed by atoms with Crippen LogP contribution in [-0.2, 0) is 18.4 Å². The van der Waals surface area contributed by atoms with Crippen molar-refractivity contribution in [1.29, 1.82) is 0 Å². The molecule has 0 aliphatic carbocycles. The standard InChI is InChI=1S/C39H79N2O6P/c1-6-8-10-12-14-16-18-20-22-24-26-28-30-32-38(42)37(36-47-48(44,45)46-35-34-41(3,4)5)40-39(43)33-31-29-27-25-23-21-19-17-15-13-11-9-7-2/h30,32,37-38,42H,6-29,31,33-36H2,1-5H3,(H-,40,43,44,45)/t37-,38+/m0/s1. The monoisotopic (exact) mass is 703 g/mol. The normalized spacial score (nSPS) is 14.7. The predicted molar refractivity (Wildman–Crippen MR) is 201 cm³/mol. The van der Waals surface area contributed by atoms with E-state index in [0.717, 1.165) is 38.5 Å². The van der Waals surface area contributed by atoms with E-state index in [0.29, 0.717) is 17.4 Å². The maximum Gasteiger partial charge on any atom is 0.268 e.